The summed E-state index contributed by atoms with van der Waals surface area (Å²) in [6.45, 7) is 5.58. The lowest BCUT2D eigenvalue weighted by molar-refractivity contribution is -0.147. The highest BCUT2D eigenvalue weighted by Crippen LogP contribution is 2.55. The molecule has 0 aromatic rings. The third kappa shape index (κ3) is 4.90. The molecule has 1 amide bonds. The second-order valence-electron chi connectivity index (χ2n) is 11.8. The third-order valence-corrected chi connectivity index (χ3v) is 9.93. The number of rotatable bonds is 7. The van der Waals surface area contributed by atoms with E-state index in [4.69, 9.17) is 4.99 Å². The summed E-state index contributed by atoms with van der Waals surface area (Å²) in [5.74, 6) is 2.37. The molecule has 2 aliphatic heterocycles. The van der Waals surface area contributed by atoms with Crippen molar-refractivity contribution in [2.24, 2.45) is 40.5 Å². The Morgan fingerprint density at radius 3 is 2.62 bits per heavy atom. The SMILES string of the molecule is CC(C)CCSC1N=C(N2CCC(C(=O)O)C2)C=CC1C(=O)NC1C2CC3CC1CC(O)(C3)C2. The first-order valence-electron chi connectivity index (χ1n) is 13.1. The predicted octanol–water partition coefficient (Wildman–Crippen LogP) is 3.14. The number of carbonyl (C=O) groups excluding carboxylic acids is 1. The van der Waals surface area contributed by atoms with E-state index in [-0.39, 0.29) is 29.2 Å². The minimum absolute atomic E-state index is 0.0513. The van der Waals surface area contributed by atoms with Gasteiger partial charge in [0.1, 0.15) is 11.2 Å². The number of aliphatic imine (C=N–C) groups is 1. The summed E-state index contributed by atoms with van der Waals surface area (Å²) < 4.78 is 0. The molecule has 5 unspecified atom stereocenters. The van der Waals surface area contributed by atoms with Crippen LogP contribution in [0.4, 0.5) is 0 Å². The molecule has 34 heavy (non-hydrogen) atoms. The second-order valence-corrected chi connectivity index (χ2v) is 13.0. The fourth-order valence-electron chi connectivity index (χ4n) is 7.16. The van der Waals surface area contributed by atoms with Crippen LogP contribution in [0.1, 0.15) is 58.8 Å². The molecule has 0 aromatic carbocycles. The van der Waals surface area contributed by atoms with E-state index in [0.717, 1.165) is 50.1 Å². The van der Waals surface area contributed by atoms with E-state index in [2.05, 4.69) is 24.1 Å². The Kier molecular flexibility index (Phi) is 6.75. The van der Waals surface area contributed by atoms with Crippen LogP contribution in [0.3, 0.4) is 0 Å². The van der Waals surface area contributed by atoms with Crippen LogP contribution in [0.15, 0.2) is 17.1 Å². The van der Waals surface area contributed by atoms with Gasteiger partial charge in [-0.2, -0.15) is 0 Å². The van der Waals surface area contributed by atoms with Gasteiger partial charge in [0.05, 0.1) is 17.4 Å². The molecular formula is C26H39N3O4S. The van der Waals surface area contributed by atoms with E-state index >= 15 is 0 Å². The quantitative estimate of drug-likeness (QED) is 0.508. The summed E-state index contributed by atoms with van der Waals surface area (Å²) in [5.41, 5.74) is -0.500. The number of thioether (sulfide) groups is 1. The van der Waals surface area contributed by atoms with Gasteiger partial charge in [-0.3, -0.25) is 14.6 Å². The number of nitrogens with one attached hydrogen (secondary N) is 1. The van der Waals surface area contributed by atoms with Crippen LogP contribution < -0.4 is 5.32 Å². The van der Waals surface area contributed by atoms with Gasteiger partial charge < -0.3 is 20.4 Å². The number of nitrogens with zero attached hydrogens (tertiary/aromatic N) is 2. The highest BCUT2D eigenvalue weighted by atomic mass is 32.2. The number of carboxylic acid groups (broad SMARTS) is 1. The number of hydrogen-bond acceptors (Lipinski definition) is 6. The molecule has 6 rings (SSSR count). The van der Waals surface area contributed by atoms with E-state index in [9.17, 15) is 19.8 Å². The van der Waals surface area contributed by atoms with Crippen molar-refractivity contribution in [3.8, 4) is 0 Å². The normalized spacial score (nSPS) is 40.6. The molecule has 5 fully saturated rings. The Morgan fingerprint density at radius 1 is 1.26 bits per heavy atom. The zero-order valence-corrected chi connectivity index (χ0v) is 21.2. The zero-order valence-electron chi connectivity index (χ0n) is 20.4. The fraction of sp³-hybridized carbons (Fsp3) is 0.808. The molecule has 2 heterocycles. The standard InChI is InChI=1S/C26H39N3O4S/c1-15(2)6-8-34-24-20(3-4-21(27-24)29-7-5-17(14-29)25(31)32)23(30)28-22-18-9-16-10-19(22)13-26(33,11-16)12-18/h3-4,15-20,22,24,33H,5-14H2,1-2H3,(H,28,30)(H,31,32). The summed E-state index contributed by atoms with van der Waals surface area (Å²) in [6, 6.07) is 0.166. The van der Waals surface area contributed by atoms with Crippen LogP contribution in [0.2, 0.25) is 0 Å². The molecular weight excluding hydrogens is 450 g/mol. The molecule has 5 atom stereocenters. The Labute approximate surface area is 206 Å². The molecule has 4 bridgehead atoms. The molecule has 0 radical (unpaired) electrons. The van der Waals surface area contributed by atoms with Crippen molar-refractivity contribution in [3.63, 3.8) is 0 Å². The van der Waals surface area contributed by atoms with E-state index in [0.29, 0.717) is 43.2 Å². The van der Waals surface area contributed by atoms with Crippen LogP contribution >= 0.6 is 11.8 Å². The third-order valence-electron chi connectivity index (χ3n) is 8.72. The van der Waals surface area contributed by atoms with Gasteiger partial charge in [-0.05, 0) is 80.4 Å². The van der Waals surface area contributed by atoms with Crippen LogP contribution in [-0.4, -0.2) is 68.7 Å². The van der Waals surface area contributed by atoms with Crippen molar-refractivity contribution in [3.05, 3.63) is 12.2 Å². The van der Waals surface area contributed by atoms with Crippen molar-refractivity contribution >= 4 is 29.5 Å². The molecule has 4 aliphatic carbocycles. The maximum Gasteiger partial charge on any atom is 0.308 e. The predicted molar refractivity (Wildman–Crippen MR) is 134 cm³/mol. The molecule has 7 nitrogen and oxygen atoms in total. The molecule has 0 aromatic heterocycles. The molecule has 3 N–H and O–H groups in total. The maximum atomic E-state index is 13.5. The van der Waals surface area contributed by atoms with E-state index in [1.54, 1.807) is 11.8 Å². The average Bonchev–Trinajstić information content (AvgIpc) is 3.25. The van der Waals surface area contributed by atoms with Gasteiger partial charge in [0, 0.05) is 19.1 Å². The number of likely N-dealkylation sites (tertiary alicyclic amines) is 1. The topological polar surface area (TPSA) is 102 Å². The molecule has 188 valence electrons. The van der Waals surface area contributed by atoms with Gasteiger partial charge in [0.25, 0.3) is 0 Å². The number of carbonyl (C=O) groups is 2. The lowest BCUT2D eigenvalue weighted by atomic mass is 9.52. The first-order valence-corrected chi connectivity index (χ1v) is 14.1. The van der Waals surface area contributed by atoms with Crippen molar-refractivity contribution in [1.82, 2.24) is 10.2 Å². The largest absolute Gasteiger partial charge is 0.481 e. The highest BCUT2D eigenvalue weighted by molar-refractivity contribution is 7.99. The molecule has 6 aliphatic rings. The Hall–Kier alpha value is -1.54. The molecule has 0 spiro atoms. The number of amidine groups is 1. The number of aliphatic hydroxyl groups is 1. The smallest absolute Gasteiger partial charge is 0.308 e. The Morgan fingerprint density at radius 2 is 2.00 bits per heavy atom. The summed E-state index contributed by atoms with van der Waals surface area (Å²) in [4.78, 5) is 32.0. The summed E-state index contributed by atoms with van der Waals surface area (Å²) in [7, 11) is 0. The number of aliphatic carboxylic acids is 1. The van der Waals surface area contributed by atoms with Gasteiger partial charge in [0.15, 0.2) is 0 Å². The van der Waals surface area contributed by atoms with Crippen LogP contribution in [0.25, 0.3) is 0 Å². The van der Waals surface area contributed by atoms with E-state index in [1.807, 2.05) is 12.2 Å². The number of carboxylic acids is 1. The minimum atomic E-state index is -0.747. The number of hydrogen-bond donors (Lipinski definition) is 3. The van der Waals surface area contributed by atoms with Crippen molar-refractivity contribution in [2.75, 3.05) is 18.8 Å². The maximum absolute atomic E-state index is 13.5. The summed E-state index contributed by atoms with van der Waals surface area (Å²) >= 11 is 1.74. The summed E-state index contributed by atoms with van der Waals surface area (Å²) in [6.07, 6.45) is 10.4. The van der Waals surface area contributed by atoms with Crippen LogP contribution in [-0.2, 0) is 9.59 Å². The number of dihydropyridines is 1. The monoisotopic (exact) mass is 489 g/mol. The van der Waals surface area contributed by atoms with Gasteiger partial charge in [-0.1, -0.05) is 19.9 Å². The van der Waals surface area contributed by atoms with Crippen molar-refractivity contribution in [1.29, 1.82) is 0 Å². The van der Waals surface area contributed by atoms with E-state index in [1.165, 1.54) is 0 Å². The van der Waals surface area contributed by atoms with Crippen molar-refractivity contribution in [2.45, 2.75) is 75.8 Å². The lowest BCUT2D eigenvalue weighted by Crippen LogP contribution is -2.62. The van der Waals surface area contributed by atoms with Gasteiger partial charge >= 0.3 is 5.97 Å². The molecule has 1 saturated heterocycles. The first-order chi connectivity index (χ1) is 16.2. The fourth-order valence-corrected chi connectivity index (χ4v) is 8.61. The molecule has 8 heteroatoms. The minimum Gasteiger partial charge on any atom is -0.481 e. The van der Waals surface area contributed by atoms with Crippen LogP contribution in [0, 0.1) is 35.5 Å². The van der Waals surface area contributed by atoms with E-state index < -0.39 is 11.6 Å². The lowest BCUT2D eigenvalue weighted by Gasteiger charge is -2.58. The number of amides is 1. The van der Waals surface area contributed by atoms with Gasteiger partial charge in [-0.25, -0.2) is 0 Å². The average molecular weight is 490 g/mol. The Balaban J connectivity index is 1.27. The first kappa shape index (κ1) is 24.2. The summed E-state index contributed by atoms with van der Waals surface area (Å²) in [5, 5.41) is 23.5. The van der Waals surface area contributed by atoms with Gasteiger partial charge in [-0.15, -0.1) is 11.8 Å². The zero-order chi connectivity index (χ0) is 24.0. The van der Waals surface area contributed by atoms with Crippen LogP contribution in [0.5, 0.6) is 0 Å². The molecule has 4 saturated carbocycles. The highest BCUT2D eigenvalue weighted by Gasteiger charge is 2.55. The Bertz CT molecular complexity index is 858. The second kappa shape index (κ2) is 9.49. The van der Waals surface area contributed by atoms with Gasteiger partial charge in [0.2, 0.25) is 5.91 Å². The van der Waals surface area contributed by atoms with Crippen molar-refractivity contribution < 1.29 is 19.8 Å².